The van der Waals surface area contributed by atoms with Gasteiger partial charge in [0.25, 0.3) is 0 Å². The summed E-state index contributed by atoms with van der Waals surface area (Å²) in [6.45, 7) is 5.48. The van der Waals surface area contributed by atoms with Crippen LogP contribution in [0.1, 0.15) is 36.8 Å². The zero-order chi connectivity index (χ0) is 19.2. The van der Waals surface area contributed by atoms with Crippen LogP contribution < -0.4 is 20.4 Å². The van der Waals surface area contributed by atoms with Gasteiger partial charge in [-0.05, 0) is 55.0 Å². The van der Waals surface area contributed by atoms with Gasteiger partial charge in [0.05, 0.1) is 0 Å². The van der Waals surface area contributed by atoms with E-state index in [1.165, 1.54) is 31.4 Å². The summed E-state index contributed by atoms with van der Waals surface area (Å²) < 4.78 is 0. The standard InChI is InChI=1S/C22H29N5O/c28-22(24-15-18-5-8-20(9-6-18)26-11-1-2-12-26)25-17-19-7-10-21(23-16-19)27-13-3-4-14-27/h5-10,16H,1-4,11-15,17H2,(H2,24,25,28). The summed E-state index contributed by atoms with van der Waals surface area (Å²) in [5.74, 6) is 1.03. The Kier molecular flexibility index (Phi) is 5.95. The molecule has 6 nitrogen and oxygen atoms in total. The van der Waals surface area contributed by atoms with Gasteiger partial charge in [0.15, 0.2) is 0 Å². The van der Waals surface area contributed by atoms with Crippen LogP contribution in [-0.4, -0.2) is 37.2 Å². The second kappa shape index (κ2) is 8.95. The molecule has 2 fully saturated rings. The molecule has 0 bridgehead atoms. The number of carbonyl (C=O) groups is 1. The number of rotatable bonds is 6. The Morgan fingerprint density at radius 1 is 0.786 bits per heavy atom. The zero-order valence-electron chi connectivity index (χ0n) is 16.4. The van der Waals surface area contributed by atoms with Crippen LogP contribution in [0.2, 0.25) is 0 Å². The fraction of sp³-hybridized carbons (Fsp3) is 0.455. The smallest absolute Gasteiger partial charge is 0.315 e. The lowest BCUT2D eigenvalue weighted by atomic mass is 10.2. The van der Waals surface area contributed by atoms with Crippen LogP contribution in [-0.2, 0) is 13.1 Å². The highest BCUT2D eigenvalue weighted by molar-refractivity contribution is 5.73. The van der Waals surface area contributed by atoms with E-state index in [2.05, 4.69) is 49.7 Å². The molecule has 1 aromatic heterocycles. The number of amides is 2. The highest BCUT2D eigenvalue weighted by Crippen LogP contribution is 2.20. The van der Waals surface area contributed by atoms with Crippen molar-refractivity contribution in [2.75, 3.05) is 36.0 Å². The Morgan fingerprint density at radius 3 is 1.96 bits per heavy atom. The van der Waals surface area contributed by atoms with Gasteiger partial charge >= 0.3 is 6.03 Å². The minimum Gasteiger partial charge on any atom is -0.372 e. The molecule has 0 spiro atoms. The number of aromatic nitrogens is 1. The number of urea groups is 1. The summed E-state index contributed by atoms with van der Waals surface area (Å²) in [5.41, 5.74) is 3.39. The number of benzene rings is 1. The molecule has 2 aliphatic heterocycles. The number of hydrogen-bond donors (Lipinski definition) is 2. The fourth-order valence-corrected chi connectivity index (χ4v) is 3.88. The first kappa shape index (κ1) is 18.6. The summed E-state index contributed by atoms with van der Waals surface area (Å²) in [5, 5.41) is 5.82. The van der Waals surface area contributed by atoms with Crippen molar-refractivity contribution in [2.24, 2.45) is 0 Å². The van der Waals surface area contributed by atoms with Gasteiger partial charge in [-0.25, -0.2) is 9.78 Å². The van der Waals surface area contributed by atoms with E-state index in [-0.39, 0.29) is 6.03 Å². The number of carbonyl (C=O) groups excluding carboxylic acids is 1. The highest BCUT2D eigenvalue weighted by Gasteiger charge is 2.13. The molecule has 4 rings (SSSR count). The summed E-state index contributed by atoms with van der Waals surface area (Å²) in [7, 11) is 0. The normalized spacial score (nSPS) is 16.4. The summed E-state index contributed by atoms with van der Waals surface area (Å²) >= 11 is 0. The molecule has 2 aromatic rings. The number of nitrogens with zero attached hydrogens (tertiary/aromatic N) is 3. The molecule has 2 amide bonds. The van der Waals surface area contributed by atoms with Gasteiger partial charge in [-0.15, -0.1) is 0 Å². The van der Waals surface area contributed by atoms with Crippen molar-refractivity contribution in [1.29, 1.82) is 0 Å². The van der Waals surface area contributed by atoms with E-state index < -0.39 is 0 Å². The third kappa shape index (κ3) is 4.74. The van der Waals surface area contributed by atoms with E-state index >= 15 is 0 Å². The van der Waals surface area contributed by atoms with Crippen molar-refractivity contribution in [2.45, 2.75) is 38.8 Å². The van der Waals surface area contributed by atoms with Gasteiger partial charge in [-0.2, -0.15) is 0 Å². The number of nitrogens with one attached hydrogen (secondary N) is 2. The minimum absolute atomic E-state index is 0.160. The summed E-state index contributed by atoms with van der Waals surface area (Å²) in [4.78, 5) is 21.3. The van der Waals surface area contributed by atoms with Crippen LogP contribution in [0.4, 0.5) is 16.3 Å². The van der Waals surface area contributed by atoms with Crippen LogP contribution in [0, 0.1) is 0 Å². The van der Waals surface area contributed by atoms with Crippen molar-refractivity contribution in [3.63, 3.8) is 0 Å². The molecule has 2 aliphatic rings. The molecule has 6 heteroatoms. The average Bonchev–Trinajstić information content (AvgIpc) is 3.46. The van der Waals surface area contributed by atoms with Crippen molar-refractivity contribution in [3.05, 3.63) is 53.7 Å². The van der Waals surface area contributed by atoms with Crippen LogP contribution in [0.5, 0.6) is 0 Å². The summed E-state index contributed by atoms with van der Waals surface area (Å²) in [6, 6.07) is 12.4. The monoisotopic (exact) mass is 379 g/mol. The Hall–Kier alpha value is -2.76. The Bertz CT molecular complexity index is 697. The summed E-state index contributed by atoms with van der Waals surface area (Å²) in [6.07, 6.45) is 6.89. The third-order valence-electron chi connectivity index (χ3n) is 5.55. The topological polar surface area (TPSA) is 60.5 Å². The van der Waals surface area contributed by atoms with Gasteiger partial charge in [-0.3, -0.25) is 0 Å². The van der Waals surface area contributed by atoms with Crippen molar-refractivity contribution < 1.29 is 4.79 Å². The van der Waals surface area contributed by atoms with Crippen LogP contribution in [0.15, 0.2) is 42.6 Å². The van der Waals surface area contributed by atoms with Gasteiger partial charge in [-0.1, -0.05) is 18.2 Å². The maximum absolute atomic E-state index is 12.1. The Morgan fingerprint density at radius 2 is 1.36 bits per heavy atom. The second-order valence-electron chi connectivity index (χ2n) is 7.62. The quantitative estimate of drug-likeness (QED) is 0.809. The lowest BCUT2D eigenvalue weighted by Gasteiger charge is -2.17. The van der Waals surface area contributed by atoms with Crippen molar-refractivity contribution in [1.82, 2.24) is 15.6 Å². The number of hydrogen-bond acceptors (Lipinski definition) is 4. The molecule has 28 heavy (non-hydrogen) atoms. The van der Waals surface area contributed by atoms with Crippen LogP contribution in [0.3, 0.4) is 0 Å². The first-order valence-electron chi connectivity index (χ1n) is 10.3. The number of pyridine rings is 1. The van der Waals surface area contributed by atoms with E-state index in [4.69, 9.17) is 0 Å². The Labute approximate surface area is 166 Å². The van der Waals surface area contributed by atoms with Gasteiger partial charge in [0.1, 0.15) is 5.82 Å². The Balaban J connectivity index is 1.20. The van der Waals surface area contributed by atoms with Crippen molar-refractivity contribution in [3.8, 4) is 0 Å². The van der Waals surface area contributed by atoms with E-state index in [0.717, 1.165) is 43.1 Å². The van der Waals surface area contributed by atoms with Gasteiger partial charge < -0.3 is 20.4 Å². The van der Waals surface area contributed by atoms with Crippen LogP contribution >= 0.6 is 0 Å². The molecular weight excluding hydrogens is 350 g/mol. The predicted molar refractivity (Wildman–Crippen MR) is 113 cm³/mol. The van der Waals surface area contributed by atoms with Gasteiger partial charge in [0.2, 0.25) is 0 Å². The fourth-order valence-electron chi connectivity index (χ4n) is 3.88. The van der Waals surface area contributed by atoms with E-state index in [1.807, 2.05) is 18.3 Å². The van der Waals surface area contributed by atoms with E-state index in [1.54, 1.807) is 0 Å². The third-order valence-corrected chi connectivity index (χ3v) is 5.55. The molecule has 0 unspecified atom stereocenters. The molecule has 0 saturated carbocycles. The number of anilines is 2. The lowest BCUT2D eigenvalue weighted by Crippen LogP contribution is -2.34. The molecule has 2 saturated heterocycles. The van der Waals surface area contributed by atoms with E-state index in [0.29, 0.717) is 13.1 Å². The van der Waals surface area contributed by atoms with Crippen molar-refractivity contribution >= 4 is 17.5 Å². The van der Waals surface area contributed by atoms with Crippen LogP contribution in [0.25, 0.3) is 0 Å². The first-order valence-corrected chi connectivity index (χ1v) is 10.3. The second-order valence-corrected chi connectivity index (χ2v) is 7.62. The van der Waals surface area contributed by atoms with Gasteiger partial charge in [0, 0.05) is 51.2 Å². The molecule has 2 N–H and O–H groups in total. The SMILES string of the molecule is O=C(NCc1ccc(N2CCCC2)cc1)NCc1ccc(N2CCCC2)nc1. The predicted octanol–water partition coefficient (Wildman–Crippen LogP) is 3.28. The maximum atomic E-state index is 12.1. The minimum atomic E-state index is -0.160. The molecule has 3 heterocycles. The lowest BCUT2D eigenvalue weighted by molar-refractivity contribution is 0.240. The first-order chi connectivity index (χ1) is 13.8. The highest BCUT2D eigenvalue weighted by atomic mass is 16.2. The maximum Gasteiger partial charge on any atom is 0.315 e. The molecular formula is C22H29N5O. The zero-order valence-corrected chi connectivity index (χ0v) is 16.4. The molecule has 0 radical (unpaired) electrons. The molecule has 0 atom stereocenters. The molecule has 0 aliphatic carbocycles. The van der Waals surface area contributed by atoms with E-state index in [9.17, 15) is 4.79 Å². The average molecular weight is 380 g/mol. The largest absolute Gasteiger partial charge is 0.372 e. The molecule has 148 valence electrons. The molecule has 1 aromatic carbocycles.